The molecule has 0 radical (unpaired) electrons. The number of hydrogen-bond acceptors (Lipinski definition) is 4. The summed E-state index contributed by atoms with van der Waals surface area (Å²) in [7, 11) is 0. The lowest BCUT2D eigenvalue weighted by Gasteiger charge is -2.32. The number of nitrogens with one attached hydrogen (secondary N) is 2. The van der Waals surface area contributed by atoms with Crippen molar-refractivity contribution in [1.29, 1.82) is 0 Å². The minimum Gasteiger partial charge on any atom is -0.352 e. The summed E-state index contributed by atoms with van der Waals surface area (Å²) < 4.78 is 0. The second-order valence-corrected chi connectivity index (χ2v) is 6.82. The van der Waals surface area contributed by atoms with Crippen molar-refractivity contribution in [2.45, 2.75) is 12.8 Å². The summed E-state index contributed by atoms with van der Waals surface area (Å²) in [5.74, 6) is 0.323. The van der Waals surface area contributed by atoms with Gasteiger partial charge in [0.15, 0.2) is 0 Å². The topological polar surface area (TPSA) is 91.0 Å². The van der Waals surface area contributed by atoms with Crippen molar-refractivity contribution in [3.8, 4) is 0 Å². The van der Waals surface area contributed by atoms with Crippen LogP contribution in [0.5, 0.6) is 0 Å². The number of aromatic amines is 1. The van der Waals surface area contributed by atoms with Crippen LogP contribution in [0.3, 0.4) is 0 Å². The smallest absolute Gasteiger partial charge is 0.253 e. The molecule has 0 bridgehead atoms. The van der Waals surface area contributed by atoms with Crippen LogP contribution in [0.25, 0.3) is 11.0 Å². The molecule has 0 aliphatic carbocycles. The quantitative estimate of drug-likeness (QED) is 0.744. The van der Waals surface area contributed by atoms with E-state index in [2.05, 4.69) is 20.3 Å². The fourth-order valence-electron chi connectivity index (χ4n) is 3.43. The van der Waals surface area contributed by atoms with Gasteiger partial charge in [0, 0.05) is 37.6 Å². The van der Waals surface area contributed by atoms with Crippen LogP contribution in [-0.4, -0.2) is 51.3 Å². The molecule has 0 unspecified atom stereocenters. The SMILES string of the molecule is O=C(NCC1CCN(C(=O)c2ccc3nc[nH]c3c2)CC1)c1cccnc1. The van der Waals surface area contributed by atoms with Crippen LogP contribution in [0.15, 0.2) is 49.1 Å². The van der Waals surface area contributed by atoms with Crippen molar-refractivity contribution in [1.82, 2.24) is 25.2 Å². The van der Waals surface area contributed by atoms with Crippen molar-refractivity contribution >= 4 is 22.8 Å². The average molecular weight is 363 g/mol. The maximum Gasteiger partial charge on any atom is 0.253 e. The standard InChI is InChI=1S/C20H21N5O2/c26-19(16-2-1-7-21-12-16)22-11-14-5-8-25(9-6-14)20(27)15-3-4-17-18(10-15)24-13-23-17/h1-4,7,10,12-14H,5-6,8-9,11H2,(H,22,26)(H,23,24). The summed E-state index contributed by atoms with van der Waals surface area (Å²) in [5.41, 5.74) is 2.97. The molecule has 7 nitrogen and oxygen atoms in total. The molecule has 2 amide bonds. The molecule has 4 rings (SSSR count). The van der Waals surface area contributed by atoms with Crippen LogP contribution in [0.1, 0.15) is 33.6 Å². The lowest BCUT2D eigenvalue weighted by Crippen LogP contribution is -2.41. The first-order valence-electron chi connectivity index (χ1n) is 9.11. The number of benzene rings is 1. The molecule has 138 valence electrons. The molecule has 1 aliphatic rings. The molecule has 27 heavy (non-hydrogen) atoms. The molecule has 2 N–H and O–H groups in total. The third kappa shape index (κ3) is 3.81. The average Bonchev–Trinajstić information content (AvgIpc) is 3.20. The number of hydrogen-bond donors (Lipinski definition) is 2. The number of aromatic nitrogens is 3. The van der Waals surface area contributed by atoms with E-state index < -0.39 is 0 Å². The second kappa shape index (κ2) is 7.57. The number of piperidine rings is 1. The van der Waals surface area contributed by atoms with Gasteiger partial charge in [-0.2, -0.15) is 0 Å². The van der Waals surface area contributed by atoms with Gasteiger partial charge in [0.1, 0.15) is 0 Å². The Balaban J connectivity index is 1.29. The van der Waals surface area contributed by atoms with Crippen LogP contribution < -0.4 is 5.32 Å². The summed E-state index contributed by atoms with van der Waals surface area (Å²) in [6.07, 6.45) is 6.60. The van der Waals surface area contributed by atoms with Gasteiger partial charge in [-0.25, -0.2) is 4.98 Å². The largest absolute Gasteiger partial charge is 0.352 e. The number of pyridine rings is 1. The highest BCUT2D eigenvalue weighted by Crippen LogP contribution is 2.20. The number of imidazole rings is 1. The fraction of sp³-hybridized carbons (Fsp3) is 0.300. The van der Waals surface area contributed by atoms with Crippen LogP contribution in [-0.2, 0) is 0 Å². The van der Waals surface area contributed by atoms with Gasteiger partial charge in [0.2, 0.25) is 0 Å². The Morgan fingerprint density at radius 2 is 2.04 bits per heavy atom. The predicted octanol–water partition coefficient (Wildman–Crippen LogP) is 2.24. The van der Waals surface area contributed by atoms with Gasteiger partial charge in [-0.1, -0.05) is 0 Å². The van der Waals surface area contributed by atoms with Crippen LogP contribution >= 0.6 is 0 Å². The first-order valence-corrected chi connectivity index (χ1v) is 9.11. The Kier molecular flexibility index (Phi) is 4.82. The van der Waals surface area contributed by atoms with E-state index in [4.69, 9.17) is 0 Å². The molecule has 7 heteroatoms. The van der Waals surface area contributed by atoms with Gasteiger partial charge < -0.3 is 15.2 Å². The van der Waals surface area contributed by atoms with Crippen molar-refractivity contribution in [3.05, 3.63) is 60.2 Å². The summed E-state index contributed by atoms with van der Waals surface area (Å²) >= 11 is 0. The van der Waals surface area contributed by atoms with E-state index in [-0.39, 0.29) is 11.8 Å². The van der Waals surface area contributed by atoms with E-state index >= 15 is 0 Å². The number of amides is 2. The Labute approximate surface area is 156 Å². The van der Waals surface area contributed by atoms with Gasteiger partial charge in [0.25, 0.3) is 11.8 Å². The molecule has 3 heterocycles. The number of rotatable bonds is 4. The second-order valence-electron chi connectivity index (χ2n) is 6.82. The molecule has 1 fully saturated rings. The number of fused-ring (bicyclic) bond motifs is 1. The van der Waals surface area contributed by atoms with Crippen molar-refractivity contribution in [2.24, 2.45) is 5.92 Å². The zero-order chi connectivity index (χ0) is 18.6. The van der Waals surface area contributed by atoms with Crippen molar-refractivity contribution in [2.75, 3.05) is 19.6 Å². The summed E-state index contributed by atoms with van der Waals surface area (Å²) in [6, 6.07) is 9.04. The molecule has 0 saturated carbocycles. The zero-order valence-electron chi connectivity index (χ0n) is 14.9. The molecule has 1 aliphatic heterocycles. The lowest BCUT2D eigenvalue weighted by molar-refractivity contribution is 0.0684. The van der Waals surface area contributed by atoms with Gasteiger partial charge in [0.05, 0.1) is 22.9 Å². The van der Waals surface area contributed by atoms with E-state index in [1.807, 2.05) is 23.1 Å². The highest BCUT2D eigenvalue weighted by Gasteiger charge is 2.24. The Morgan fingerprint density at radius 1 is 1.19 bits per heavy atom. The Bertz CT molecular complexity index is 945. The Hall–Kier alpha value is -3.22. The van der Waals surface area contributed by atoms with Crippen LogP contribution in [0, 0.1) is 5.92 Å². The van der Waals surface area contributed by atoms with Gasteiger partial charge in [-0.15, -0.1) is 0 Å². The van der Waals surface area contributed by atoms with Gasteiger partial charge in [-0.05, 0) is 49.1 Å². The molecular weight excluding hydrogens is 342 g/mol. The third-order valence-electron chi connectivity index (χ3n) is 5.04. The first kappa shape index (κ1) is 17.2. The zero-order valence-corrected chi connectivity index (χ0v) is 14.9. The lowest BCUT2D eigenvalue weighted by atomic mass is 9.96. The highest BCUT2D eigenvalue weighted by atomic mass is 16.2. The first-order chi connectivity index (χ1) is 13.2. The summed E-state index contributed by atoms with van der Waals surface area (Å²) in [4.78, 5) is 37.9. The number of carbonyl (C=O) groups excluding carboxylic acids is 2. The maximum atomic E-state index is 12.7. The molecular formula is C20H21N5O2. The molecule has 0 atom stereocenters. The molecule has 1 aromatic carbocycles. The molecule has 0 spiro atoms. The van der Waals surface area contributed by atoms with Gasteiger partial charge >= 0.3 is 0 Å². The third-order valence-corrected chi connectivity index (χ3v) is 5.04. The van der Waals surface area contributed by atoms with E-state index in [0.717, 1.165) is 23.9 Å². The number of likely N-dealkylation sites (tertiary alicyclic amines) is 1. The summed E-state index contributed by atoms with van der Waals surface area (Å²) in [5, 5.41) is 2.97. The highest BCUT2D eigenvalue weighted by molar-refractivity contribution is 5.97. The Morgan fingerprint density at radius 3 is 2.81 bits per heavy atom. The van der Waals surface area contributed by atoms with E-state index in [1.165, 1.54) is 0 Å². The fourth-order valence-corrected chi connectivity index (χ4v) is 3.43. The molecule has 2 aromatic heterocycles. The predicted molar refractivity (Wildman–Crippen MR) is 101 cm³/mol. The minimum atomic E-state index is -0.102. The number of nitrogens with zero attached hydrogens (tertiary/aromatic N) is 3. The van der Waals surface area contributed by atoms with E-state index in [9.17, 15) is 9.59 Å². The number of H-pyrrole nitrogens is 1. The van der Waals surface area contributed by atoms with E-state index in [0.29, 0.717) is 36.7 Å². The van der Waals surface area contributed by atoms with E-state index in [1.54, 1.807) is 30.9 Å². The van der Waals surface area contributed by atoms with Crippen LogP contribution in [0.4, 0.5) is 0 Å². The maximum absolute atomic E-state index is 12.7. The normalized spacial score (nSPS) is 15.0. The monoisotopic (exact) mass is 363 g/mol. The minimum absolute atomic E-state index is 0.0457. The summed E-state index contributed by atoms with van der Waals surface area (Å²) in [6.45, 7) is 2.02. The van der Waals surface area contributed by atoms with Crippen molar-refractivity contribution in [3.63, 3.8) is 0 Å². The molecule has 3 aromatic rings. The molecule has 1 saturated heterocycles. The number of carbonyl (C=O) groups is 2. The van der Waals surface area contributed by atoms with Crippen molar-refractivity contribution < 1.29 is 9.59 Å². The van der Waals surface area contributed by atoms with Gasteiger partial charge in [-0.3, -0.25) is 14.6 Å². The van der Waals surface area contributed by atoms with Crippen LogP contribution in [0.2, 0.25) is 0 Å².